The first kappa shape index (κ1) is 17.3. The van der Waals surface area contributed by atoms with Crippen LogP contribution in [0.1, 0.15) is 60.8 Å². The molecular formula is C16H31NO3. The Morgan fingerprint density at radius 3 is 2.15 bits per heavy atom. The molecule has 0 N–H and O–H groups in total. The van der Waals surface area contributed by atoms with E-state index in [9.17, 15) is 4.79 Å². The van der Waals surface area contributed by atoms with Crippen LogP contribution < -0.4 is 0 Å². The Balaban J connectivity index is 2.31. The average Bonchev–Trinajstić information content (AvgIpc) is 2.35. The van der Waals surface area contributed by atoms with Gasteiger partial charge in [0.05, 0.1) is 12.7 Å². The van der Waals surface area contributed by atoms with E-state index in [1.165, 1.54) is 0 Å². The summed E-state index contributed by atoms with van der Waals surface area (Å²) in [4.78, 5) is 13.7. The second-order valence-corrected chi connectivity index (χ2v) is 7.50. The molecule has 118 valence electrons. The third-order valence-corrected chi connectivity index (χ3v) is 3.76. The summed E-state index contributed by atoms with van der Waals surface area (Å²) in [6.45, 7) is 14.6. The smallest absolute Gasteiger partial charge is 0.410 e. The third kappa shape index (κ3) is 6.12. The largest absolute Gasteiger partial charge is 0.444 e. The molecule has 0 radical (unpaired) electrons. The number of carbonyl (C=O) groups is 1. The molecule has 1 aliphatic heterocycles. The van der Waals surface area contributed by atoms with Gasteiger partial charge in [-0.2, -0.15) is 0 Å². The molecule has 20 heavy (non-hydrogen) atoms. The van der Waals surface area contributed by atoms with Crippen LogP contribution in [0.15, 0.2) is 0 Å². The molecule has 1 aliphatic rings. The zero-order chi connectivity index (χ0) is 15.4. The molecule has 0 atom stereocenters. The van der Waals surface area contributed by atoms with Crippen LogP contribution in [0.25, 0.3) is 0 Å². The topological polar surface area (TPSA) is 38.8 Å². The van der Waals surface area contributed by atoms with Crippen molar-refractivity contribution in [2.45, 2.75) is 72.5 Å². The molecule has 1 fully saturated rings. The van der Waals surface area contributed by atoms with E-state index in [-0.39, 0.29) is 17.6 Å². The fourth-order valence-corrected chi connectivity index (χ4v) is 1.98. The highest BCUT2D eigenvalue weighted by atomic mass is 16.6. The summed E-state index contributed by atoms with van der Waals surface area (Å²) in [5, 5.41) is 0. The lowest BCUT2D eigenvalue weighted by atomic mass is 9.91. The van der Waals surface area contributed by atoms with Gasteiger partial charge in [-0.05, 0) is 45.4 Å². The van der Waals surface area contributed by atoms with Crippen molar-refractivity contribution in [3.8, 4) is 0 Å². The number of hydrogen-bond acceptors (Lipinski definition) is 3. The molecule has 0 aromatic heterocycles. The van der Waals surface area contributed by atoms with Gasteiger partial charge in [0.25, 0.3) is 0 Å². The van der Waals surface area contributed by atoms with Crippen LogP contribution in [0.5, 0.6) is 0 Å². The molecule has 1 heterocycles. The zero-order valence-electron chi connectivity index (χ0n) is 14.0. The number of amides is 1. The van der Waals surface area contributed by atoms with Gasteiger partial charge in [-0.3, -0.25) is 0 Å². The fourth-order valence-electron chi connectivity index (χ4n) is 1.98. The highest BCUT2D eigenvalue weighted by Crippen LogP contribution is 2.23. The number of piperidine rings is 1. The van der Waals surface area contributed by atoms with Crippen LogP contribution in [0.4, 0.5) is 4.79 Å². The Morgan fingerprint density at radius 2 is 1.70 bits per heavy atom. The van der Waals surface area contributed by atoms with Crippen LogP contribution in [0, 0.1) is 5.41 Å². The standard InChI is InChI=1S/C16H31NO3/c1-7-16(5,6)12-19-13-8-10-17(11-9-13)14(18)20-15(2,3)4/h13H,7-12H2,1-6H3. The number of hydrogen-bond donors (Lipinski definition) is 0. The molecular weight excluding hydrogens is 254 g/mol. The lowest BCUT2D eigenvalue weighted by Crippen LogP contribution is -2.43. The molecule has 0 unspecified atom stereocenters. The maximum absolute atomic E-state index is 11.9. The Labute approximate surface area is 123 Å². The van der Waals surface area contributed by atoms with Gasteiger partial charge in [0.2, 0.25) is 0 Å². The molecule has 0 saturated carbocycles. The summed E-state index contributed by atoms with van der Waals surface area (Å²) < 4.78 is 11.4. The second kappa shape index (κ2) is 6.79. The molecule has 0 bridgehead atoms. The van der Waals surface area contributed by atoms with Crippen LogP contribution >= 0.6 is 0 Å². The Bertz CT molecular complexity index is 312. The SMILES string of the molecule is CCC(C)(C)COC1CCN(C(=O)OC(C)(C)C)CC1. The van der Waals surface area contributed by atoms with Crippen molar-refractivity contribution in [1.82, 2.24) is 4.90 Å². The highest BCUT2D eigenvalue weighted by Gasteiger charge is 2.28. The minimum Gasteiger partial charge on any atom is -0.444 e. The van der Waals surface area contributed by atoms with Crippen molar-refractivity contribution < 1.29 is 14.3 Å². The van der Waals surface area contributed by atoms with E-state index in [0.29, 0.717) is 0 Å². The first-order valence-corrected chi connectivity index (χ1v) is 7.72. The number of likely N-dealkylation sites (tertiary alicyclic amines) is 1. The lowest BCUT2D eigenvalue weighted by Gasteiger charge is -2.34. The van der Waals surface area contributed by atoms with Crippen molar-refractivity contribution in [2.75, 3.05) is 19.7 Å². The quantitative estimate of drug-likeness (QED) is 0.787. The summed E-state index contributed by atoms with van der Waals surface area (Å²) in [5.74, 6) is 0. The van der Waals surface area contributed by atoms with Gasteiger partial charge in [-0.25, -0.2) is 4.79 Å². The van der Waals surface area contributed by atoms with Crippen molar-refractivity contribution in [3.63, 3.8) is 0 Å². The van der Waals surface area contributed by atoms with Gasteiger partial charge in [-0.1, -0.05) is 20.8 Å². The minimum atomic E-state index is -0.421. The summed E-state index contributed by atoms with van der Waals surface area (Å²) in [7, 11) is 0. The zero-order valence-corrected chi connectivity index (χ0v) is 14.0. The van der Waals surface area contributed by atoms with Crippen LogP contribution in [0.2, 0.25) is 0 Å². The van der Waals surface area contributed by atoms with E-state index in [1.807, 2.05) is 20.8 Å². The molecule has 0 spiro atoms. The molecule has 4 nitrogen and oxygen atoms in total. The van der Waals surface area contributed by atoms with E-state index >= 15 is 0 Å². The van der Waals surface area contributed by atoms with Crippen molar-refractivity contribution in [1.29, 1.82) is 0 Å². The van der Waals surface area contributed by atoms with Crippen LogP contribution in [-0.2, 0) is 9.47 Å². The first-order chi connectivity index (χ1) is 9.13. The van der Waals surface area contributed by atoms with E-state index in [0.717, 1.165) is 39.0 Å². The summed E-state index contributed by atoms with van der Waals surface area (Å²) in [6.07, 6.45) is 2.99. The minimum absolute atomic E-state index is 0.204. The number of ether oxygens (including phenoxy) is 2. The number of carbonyl (C=O) groups excluding carboxylic acids is 1. The van der Waals surface area contributed by atoms with Gasteiger partial charge >= 0.3 is 6.09 Å². The molecule has 0 aromatic rings. The second-order valence-electron chi connectivity index (χ2n) is 7.50. The molecule has 0 aromatic carbocycles. The van der Waals surface area contributed by atoms with E-state index in [2.05, 4.69) is 20.8 Å². The molecule has 4 heteroatoms. The maximum Gasteiger partial charge on any atom is 0.410 e. The first-order valence-electron chi connectivity index (χ1n) is 7.72. The molecule has 0 aliphatic carbocycles. The molecule has 1 amide bonds. The summed E-state index contributed by atoms with van der Waals surface area (Å²) in [5.41, 5.74) is -0.183. The van der Waals surface area contributed by atoms with Crippen LogP contribution in [0.3, 0.4) is 0 Å². The van der Waals surface area contributed by atoms with Gasteiger partial charge in [0.1, 0.15) is 5.60 Å². The Kier molecular flexibility index (Phi) is 5.87. The normalized spacial score (nSPS) is 18.2. The Hall–Kier alpha value is -0.770. The van der Waals surface area contributed by atoms with Crippen molar-refractivity contribution in [3.05, 3.63) is 0 Å². The predicted octanol–water partition coefficient (Wildman–Crippen LogP) is 3.84. The fraction of sp³-hybridized carbons (Fsp3) is 0.938. The van der Waals surface area contributed by atoms with E-state index < -0.39 is 5.60 Å². The van der Waals surface area contributed by atoms with Gasteiger partial charge in [0.15, 0.2) is 0 Å². The lowest BCUT2D eigenvalue weighted by molar-refractivity contribution is -0.0350. The van der Waals surface area contributed by atoms with Crippen molar-refractivity contribution >= 4 is 6.09 Å². The van der Waals surface area contributed by atoms with E-state index in [1.54, 1.807) is 4.90 Å². The van der Waals surface area contributed by atoms with Gasteiger partial charge < -0.3 is 14.4 Å². The maximum atomic E-state index is 11.9. The highest BCUT2D eigenvalue weighted by molar-refractivity contribution is 5.68. The van der Waals surface area contributed by atoms with E-state index in [4.69, 9.17) is 9.47 Å². The third-order valence-electron chi connectivity index (χ3n) is 3.76. The summed E-state index contributed by atoms with van der Waals surface area (Å²) in [6, 6.07) is 0. The van der Waals surface area contributed by atoms with Gasteiger partial charge in [0, 0.05) is 13.1 Å². The number of nitrogens with zero attached hydrogens (tertiary/aromatic N) is 1. The van der Waals surface area contributed by atoms with Gasteiger partial charge in [-0.15, -0.1) is 0 Å². The van der Waals surface area contributed by atoms with Crippen molar-refractivity contribution in [2.24, 2.45) is 5.41 Å². The molecule has 1 saturated heterocycles. The summed E-state index contributed by atoms with van der Waals surface area (Å²) >= 11 is 0. The number of rotatable bonds is 4. The Morgan fingerprint density at radius 1 is 1.15 bits per heavy atom. The molecule has 1 rings (SSSR count). The average molecular weight is 285 g/mol. The van der Waals surface area contributed by atoms with Crippen LogP contribution in [-0.4, -0.2) is 42.4 Å². The monoisotopic (exact) mass is 285 g/mol. The predicted molar refractivity (Wildman–Crippen MR) is 80.9 cm³/mol.